The van der Waals surface area contributed by atoms with Gasteiger partial charge in [-0.15, -0.1) is 0 Å². The zero-order valence-electron chi connectivity index (χ0n) is 12.8. The van der Waals surface area contributed by atoms with Gasteiger partial charge in [-0.05, 0) is 15.4 Å². The van der Waals surface area contributed by atoms with E-state index < -0.39 is 14.3 Å². The van der Waals surface area contributed by atoms with Crippen LogP contribution in [0, 0.1) is 0 Å². The number of nitrogens with one attached hydrogen (secondary N) is 1. The quantitative estimate of drug-likeness (QED) is 0.839. The lowest BCUT2D eigenvalue weighted by Crippen LogP contribution is -2.75. The molecule has 0 aliphatic rings. The molecule has 0 atom stereocenters. The van der Waals surface area contributed by atoms with Crippen LogP contribution in [-0.2, 0) is 0 Å². The molecule has 4 heteroatoms. The summed E-state index contributed by atoms with van der Waals surface area (Å²) in [6.07, 6.45) is 0. The SMILES string of the molecule is CC(C)(C)[Si](NC(N)=O)(c1ccccc1)c1ccccc1. The molecule has 0 fully saturated rings. The number of hydrogen-bond acceptors (Lipinski definition) is 1. The van der Waals surface area contributed by atoms with Crippen molar-refractivity contribution in [3.63, 3.8) is 0 Å². The van der Waals surface area contributed by atoms with Gasteiger partial charge < -0.3 is 10.7 Å². The van der Waals surface area contributed by atoms with E-state index in [0.29, 0.717) is 0 Å². The highest BCUT2D eigenvalue weighted by atomic mass is 28.3. The van der Waals surface area contributed by atoms with Crippen molar-refractivity contribution >= 4 is 24.6 Å². The molecule has 0 radical (unpaired) electrons. The highest BCUT2D eigenvalue weighted by Gasteiger charge is 2.49. The molecular weight excluding hydrogens is 276 g/mol. The summed E-state index contributed by atoms with van der Waals surface area (Å²) in [5, 5.41) is 2.19. The van der Waals surface area contributed by atoms with Gasteiger partial charge in [-0.25, -0.2) is 0 Å². The molecule has 0 unspecified atom stereocenters. The molecule has 0 saturated carbocycles. The number of carbonyl (C=O) groups is 1. The van der Waals surface area contributed by atoms with Crippen LogP contribution in [0.3, 0.4) is 0 Å². The van der Waals surface area contributed by atoms with E-state index in [1.54, 1.807) is 0 Å². The van der Waals surface area contributed by atoms with Gasteiger partial charge in [0.05, 0.1) is 0 Å². The number of urea groups is 1. The second kappa shape index (κ2) is 5.74. The number of primary amides is 1. The summed E-state index contributed by atoms with van der Waals surface area (Å²) in [7, 11) is -2.54. The summed E-state index contributed by atoms with van der Waals surface area (Å²) >= 11 is 0. The molecule has 21 heavy (non-hydrogen) atoms. The Morgan fingerprint density at radius 2 is 1.29 bits per heavy atom. The van der Waals surface area contributed by atoms with E-state index in [4.69, 9.17) is 5.73 Å². The van der Waals surface area contributed by atoms with E-state index in [1.807, 2.05) is 36.4 Å². The van der Waals surface area contributed by atoms with Crippen LogP contribution in [0.1, 0.15) is 20.8 Å². The maximum atomic E-state index is 11.8. The van der Waals surface area contributed by atoms with E-state index in [0.717, 1.165) is 10.4 Å². The summed E-state index contributed by atoms with van der Waals surface area (Å²) in [6.45, 7) is 6.49. The predicted molar refractivity (Wildman–Crippen MR) is 90.3 cm³/mol. The molecule has 0 aliphatic heterocycles. The molecule has 2 aromatic rings. The third-order valence-electron chi connectivity index (χ3n) is 3.85. The summed E-state index contributed by atoms with van der Waals surface area (Å²) in [4.78, 5) is 14.9. The summed E-state index contributed by atoms with van der Waals surface area (Å²) in [6, 6.07) is 19.9. The molecule has 3 N–H and O–H groups in total. The third kappa shape index (κ3) is 2.85. The molecule has 0 aliphatic carbocycles. The monoisotopic (exact) mass is 298 g/mol. The van der Waals surface area contributed by atoms with E-state index >= 15 is 0 Å². The van der Waals surface area contributed by atoms with Gasteiger partial charge in [0.2, 0.25) is 8.24 Å². The molecule has 2 rings (SSSR count). The maximum absolute atomic E-state index is 11.8. The van der Waals surface area contributed by atoms with Crippen molar-refractivity contribution in [2.24, 2.45) is 5.73 Å². The Hall–Kier alpha value is -2.07. The van der Waals surface area contributed by atoms with Crippen LogP contribution >= 0.6 is 0 Å². The van der Waals surface area contributed by atoms with Crippen molar-refractivity contribution in [1.82, 2.24) is 4.98 Å². The van der Waals surface area contributed by atoms with Crippen LogP contribution in [-0.4, -0.2) is 14.3 Å². The Morgan fingerprint density at radius 3 is 1.57 bits per heavy atom. The number of hydrogen-bond donors (Lipinski definition) is 2. The smallest absolute Gasteiger partial charge is 0.304 e. The van der Waals surface area contributed by atoms with Gasteiger partial charge in [0.1, 0.15) is 0 Å². The van der Waals surface area contributed by atoms with Crippen LogP contribution in [0.4, 0.5) is 4.79 Å². The highest BCUT2D eigenvalue weighted by molar-refractivity contribution is 7.03. The third-order valence-corrected chi connectivity index (χ3v) is 9.12. The van der Waals surface area contributed by atoms with Crippen molar-refractivity contribution in [2.45, 2.75) is 25.8 Å². The van der Waals surface area contributed by atoms with E-state index in [9.17, 15) is 4.79 Å². The van der Waals surface area contributed by atoms with Gasteiger partial charge in [-0.2, -0.15) is 0 Å². The van der Waals surface area contributed by atoms with Crippen LogP contribution in [0.25, 0.3) is 0 Å². The van der Waals surface area contributed by atoms with Crippen molar-refractivity contribution in [1.29, 1.82) is 0 Å². The average Bonchev–Trinajstić information content (AvgIpc) is 2.45. The number of benzene rings is 2. The lowest BCUT2D eigenvalue weighted by molar-refractivity contribution is 0.253. The minimum absolute atomic E-state index is 0.120. The first kappa shape index (κ1) is 15.3. The summed E-state index contributed by atoms with van der Waals surface area (Å²) in [5.74, 6) is 0. The number of rotatable bonds is 3. The molecule has 2 aromatic carbocycles. The van der Waals surface area contributed by atoms with E-state index in [2.05, 4.69) is 50.0 Å². The molecule has 0 aromatic heterocycles. The van der Waals surface area contributed by atoms with Gasteiger partial charge in [-0.1, -0.05) is 81.4 Å². The highest BCUT2D eigenvalue weighted by Crippen LogP contribution is 2.33. The molecule has 0 spiro atoms. The number of nitrogens with two attached hydrogens (primary N) is 1. The Labute approximate surface area is 127 Å². The maximum Gasteiger partial charge on any atom is 0.304 e. The topological polar surface area (TPSA) is 55.1 Å². The predicted octanol–water partition coefficient (Wildman–Crippen LogP) is 2.21. The largest absolute Gasteiger partial charge is 0.356 e. The second-order valence-electron chi connectivity index (χ2n) is 6.22. The van der Waals surface area contributed by atoms with Crippen molar-refractivity contribution in [3.05, 3.63) is 60.7 Å². The lowest BCUT2D eigenvalue weighted by atomic mass is 10.2. The van der Waals surface area contributed by atoms with Crippen molar-refractivity contribution in [3.8, 4) is 0 Å². The van der Waals surface area contributed by atoms with Crippen molar-refractivity contribution < 1.29 is 4.79 Å². The fraction of sp³-hybridized carbons (Fsp3) is 0.235. The Kier molecular flexibility index (Phi) is 4.18. The molecule has 0 saturated heterocycles. The summed E-state index contributed by atoms with van der Waals surface area (Å²) in [5.41, 5.74) is 5.53. The Balaban J connectivity index is 2.75. The van der Waals surface area contributed by atoms with Gasteiger partial charge >= 0.3 is 6.03 Å². The zero-order chi connectivity index (χ0) is 15.5. The number of amides is 2. The normalized spacial score (nSPS) is 12.0. The fourth-order valence-electron chi connectivity index (χ4n) is 2.93. The van der Waals surface area contributed by atoms with Crippen molar-refractivity contribution in [2.75, 3.05) is 0 Å². The second-order valence-corrected chi connectivity index (χ2v) is 10.6. The Morgan fingerprint density at radius 1 is 0.905 bits per heavy atom. The standard InChI is InChI=1S/C17H22N2OSi/c1-17(2,3)21(19-16(18)20,14-10-6-4-7-11-14)15-12-8-5-9-13-15/h4-13H,1-3H3,(H3,18,19,20). The minimum atomic E-state index is -2.54. The molecular formula is C17H22N2OSi. The minimum Gasteiger partial charge on any atom is -0.356 e. The molecule has 0 bridgehead atoms. The first-order chi connectivity index (χ1) is 9.88. The molecule has 3 nitrogen and oxygen atoms in total. The fourth-order valence-corrected chi connectivity index (χ4v) is 7.41. The average molecular weight is 298 g/mol. The van der Waals surface area contributed by atoms with Crippen LogP contribution in [0.5, 0.6) is 0 Å². The van der Waals surface area contributed by atoms with E-state index in [-0.39, 0.29) is 5.04 Å². The van der Waals surface area contributed by atoms with Crippen LogP contribution in [0.15, 0.2) is 60.7 Å². The van der Waals surface area contributed by atoms with Gasteiger partial charge in [0.15, 0.2) is 0 Å². The van der Waals surface area contributed by atoms with Crippen LogP contribution < -0.4 is 21.1 Å². The number of carbonyl (C=O) groups excluding carboxylic acids is 1. The van der Waals surface area contributed by atoms with E-state index in [1.165, 1.54) is 0 Å². The first-order valence-corrected chi connectivity index (χ1v) is 9.06. The van der Waals surface area contributed by atoms with Gasteiger partial charge in [0.25, 0.3) is 0 Å². The summed E-state index contributed by atoms with van der Waals surface area (Å²) < 4.78 is 0. The zero-order valence-corrected chi connectivity index (χ0v) is 13.8. The first-order valence-electron chi connectivity index (χ1n) is 7.06. The molecule has 2 amide bonds. The van der Waals surface area contributed by atoms with Gasteiger partial charge in [0, 0.05) is 0 Å². The Bertz CT molecular complexity index is 566. The molecule has 110 valence electrons. The molecule has 0 heterocycles. The lowest BCUT2D eigenvalue weighted by Gasteiger charge is -2.43. The van der Waals surface area contributed by atoms with Crippen LogP contribution in [0.2, 0.25) is 5.04 Å². The van der Waals surface area contributed by atoms with Gasteiger partial charge in [-0.3, -0.25) is 4.79 Å².